The number of anilines is 2. The molecule has 7 rings (SSSR count). The van der Waals surface area contributed by atoms with Gasteiger partial charge in [-0.05, 0) is 11.8 Å². The summed E-state index contributed by atoms with van der Waals surface area (Å²) < 4.78 is 42.0. The Kier molecular flexibility index (Phi) is 6.35. The number of aliphatic hydroxyl groups excluding tert-OH is 2. The summed E-state index contributed by atoms with van der Waals surface area (Å²) in [5, 5.41) is 20.9. The zero-order valence-corrected chi connectivity index (χ0v) is 23.0. The number of halogens is 1. The number of aliphatic hydroxyl groups is 2. The molecule has 2 bridgehead atoms. The van der Waals surface area contributed by atoms with Crippen LogP contribution < -0.4 is 17.0 Å². The van der Waals surface area contributed by atoms with Crippen LogP contribution in [0.1, 0.15) is 12.5 Å². The fourth-order valence-corrected chi connectivity index (χ4v) is 8.12. The van der Waals surface area contributed by atoms with Crippen molar-refractivity contribution in [1.82, 2.24) is 39.0 Å². The van der Waals surface area contributed by atoms with Crippen molar-refractivity contribution in [3.8, 4) is 0 Å². The first-order chi connectivity index (χ1) is 20.0. The van der Waals surface area contributed by atoms with Crippen LogP contribution in [0.4, 0.5) is 16.2 Å². The van der Waals surface area contributed by atoms with Crippen LogP contribution >= 0.6 is 6.49 Å². The van der Waals surface area contributed by atoms with Gasteiger partial charge in [0.2, 0.25) is 5.95 Å². The summed E-state index contributed by atoms with van der Waals surface area (Å²) in [7, 11) is 0. The van der Waals surface area contributed by atoms with Crippen molar-refractivity contribution < 1.29 is 38.2 Å². The number of aromatic amines is 1. The number of imidazole rings is 2. The predicted octanol–water partition coefficient (Wildman–Crippen LogP) is -1.93. The highest BCUT2D eigenvalue weighted by atomic mass is 32.5. The number of nitrogens with two attached hydrogens (primary N) is 2. The zero-order chi connectivity index (χ0) is 29.6. The molecule has 3 aliphatic heterocycles. The molecule has 2 unspecified atom stereocenters. The minimum atomic E-state index is -4.16. The quantitative estimate of drug-likeness (QED) is 0.122. The van der Waals surface area contributed by atoms with Gasteiger partial charge in [-0.3, -0.25) is 18.9 Å². The van der Waals surface area contributed by atoms with E-state index in [-0.39, 0.29) is 29.5 Å². The Labute approximate surface area is 238 Å². The highest BCUT2D eigenvalue weighted by Crippen LogP contribution is 2.59. The number of nitrogens with one attached hydrogen (secondary N) is 1. The number of rotatable bonds is 7. The molecule has 0 saturated carbocycles. The number of hydrogen-bond donors (Lipinski definition) is 6. The second kappa shape index (κ2) is 9.66. The van der Waals surface area contributed by atoms with Crippen LogP contribution in [-0.2, 0) is 30.5 Å². The van der Waals surface area contributed by atoms with Crippen molar-refractivity contribution in [2.75, 3.05) is 31.3 Å². The summed E-state index contributed by atoms with van der Waals surface area (Å²) >= 11 is 5.45. The minimum Gasteiger partial charge on any atom is -0.394 e. The van der Waals surface area contributed by atoms with Gasteiger partial charge in [0.25, 0.3) is 5.56 Å². The normalized spacial score (nSPS) is 34.0. The van der Waals surface area contributed by atoms with Gasteiger partial charge >= 0.3 is 0 Å². The van der Waals surface area contributed by atoms with E-state index in [0.29, 0.717) is 11.2 Å². The molecule has 0 aromatic carbocycles. The number of ether oxygens (including phenoxy) is 3. The maximum Gasteiger partial charge on any atom is 0.280 e. The van der Waals surface area contributed by atoms with E-state index in [2.05, 4.69) is 29.9 Å². The second-order valence-electron chi connectivity index (χ2n) is 10.2. The molecule has 0 amide bonds. The van der Waals surface area contributed by atoms with Crippen LogP contribution in [0.25, 0.3) is 22.3 Å². The Hall–Kier alpha value is -3.20. The Bertz CT molecular complexity index is 1810. The van der Waals surface area contributed by atoms with Crippen molar-refractivity contribution in [2.45, 2.75) is 48.2 Å². The average Bonchev–Trinajstić information content (AvgIpc) is 3.75. The standard InChI is InChI=1S/C21H24FN10O8PS/c22-8-7(1-33)39-19(32-6-28-10-16(32)29-20(24)30-17(10)35)12(8)41(36,42)38-3-21-2-37-11(13(21)34)18(40-21)31-5-27-9-14(23)25-4-26-15(9)31/h4-8,11-13,18-19,33-34H,1-3H2,(H,36,42)(H2,23,25,26)(H3,24,29,30,35)/t7-,8-,11-,12-,13+,18-,19?,21-,41?/m1/s1. The summed E-state index contributed by atoms with van der Waals surface area (Å²) in [6.45, 7) is -5.49. The van der Waals surface area contributed by atoms with Crippen molar-refractivity contribution in [1.29, 1.82) is 0 Å². The topological polar surface area (TPSA) is 257 Å². The number of alkyl halides is 1. The fraction of sp³-hybridized carbons (Fsp3) is 0.524. The molecule has 3 saturated heterocycles. The molecular weight excluding hydrogens is 602 g/mol. The number of aromatic nitrogens is 8. The lowest BCUT2D eigenvalue weighted by Crippen LogP contribution is -2.45. The first-order valence-corrected chi connectivity index (χ1v) is 15.3. The van der Waals surface area contributed by atoms with Gasteiger partial charge in [0.05, 0.1) is 32.5 Å². The Morgan fingerprint density at radius 3 is 2.69 bits per heavy atom. The molecule has 3 fully saturated rings. The van der Waals surface area contributed by atoms with E-state index in [4.69, 9.17) is 42.0 Å². The minimum absolute atomic E-state index is 0.0490. The summed E-state index contributed by atoms with van der Waals surface area (Å²) in [5.41, 5.74) is 8.42. The fourth-order valence-electron chi connectivity index (χ4n) is 5.64. The van der Waals surface area contributed by atoms with Gasteiger partial charge in [0, 0.05) is 0 Å². The molecule has 21 heteroatoms. The second-order valence-corrected chi connectivity index (χ2v) is 13.7. The van der Waals surface area contributed by atoms with Gasteiger partial charge < -0.3 is 45.3 Å². The van der Waals surface area contributed by atoms with E-state index in [9.17, 15) is 19.9 Å². The highest BCUT2D eigenvalue weighted by molar-refractivity contribution is 8.09. The van der Waals surface area contributed by atoms with E-state index >= 15 is 4.39 Å². The van der Waals surface area contributed by atoms with Crippen LogP contribution in [0.3, 0.4) is 0 Å². The van der Waals surface area contributed by atoms with E-state index in [1.54, 1.807) is 0 Å². The summed E-state index contributed by atoms with van der Waals surface area (Å²) in [5.74, 6) is -0.0681. The lowest BCUT2D eigenvalue weighted by atomic mass is 10.0. The zero-order valence-electron chi connectivity index (χ0n) is 21.3. The predicted molar refractivity (Wildman–Crippen MR) is 143 cm³/mol. The lowest BCUT2D eigenvalue weighted by Gasteiger charge is -2.34. The van der Waals surface area contributed by atoms with Crippen LogP contribution in [0.5, 0.6) is 0 Å². The molecule has 0 spiro atoms. The van der Waals surface area contributed by atoms with Crippen LogP contribution in [0.15, 0.2) is 23.8 Å². The Balaban J connectivity index is 1.17. The lowest BCUT2D eigenvalue weighted by molar-refractivity contribution is -0.182. The third-order valence-electron chi connectivity index (χ3n) is 7.73. The summed E-state index contributed by atoms with van der Waals surface area (Å²) in [6, 6.07) is 0. The van der Waals surface area contributed by atoms with E-state index in [0.717, 1.165) is 0 Å². The molecule has 224 valence electrons. The molecule has 7 heterocycles. The van der Waals surface area contributed by atoms with Crippen LogP contribution in [0, 0.1) is 0 Å². The van der Waals surface area contributed by atoms with Crippen molar-refractivity contribution in [2.24, 2.45) is 0 Å². The van der Waals surface area contributed by atoms with E-state index in [1.165, 1.54) is 28.1 Å². The third-order valence-corrected chi connectivity index (χ3v) is 10.6. The third kappa shape index (κ3) is 3.98. The number of nitrogen functional groups attached to an aromatic ring is 2. The average molecular weight is 627 g/mol. The SMILES string of the molecule is Nc1nc2c(ncn2C2O[C@H](CO)[C@@H](F)[C@H]2P(O)(=S)OC[C@@]23CO[C@@H]([C@H](n4cnc5c(N)ncnc54)O2)[C@@H]3O)c(=O)[nH]1. The maximum atomic E-state index is 15.7. The number of H-pyrrole nitrogens is 1. The summed E-state index contributed by atoms with van der Waals surface area (Å²) in [6.07, 6.45) is -3.87. The molecule has 0 aliphatic carbocycles. The molecule has 8 N–H and O–H groups in total. The number of nitrogens with zero attached hydrogens (tertiary/aromatic N) is 7. The molecule has 4 aromatic heterocycles. The van der Waals surface area contributed by atoms with Gasteiger partial charge in [-0.1, -0.05) is 0 Å². The van der Waals surface area contributed by atoms with Gasteiger partial charge in [0.15, 0.2) is 41.6 Å². The van der Waals surface area contributed by atoms with Crippen LogP contribution in [0.2, 0.25) is 0 Å². The van der Waals surface area contributed by atoms with Gasteiger partial charge in [0.1, 0.15) is 47.6 Å². The first-order valence-electron chi connectivity index (χ1n) is 12.5. The number of hydrogen-bond acceptors (Lipinski definition) is 15. The molecule has 18 nitrogen and oxygen atoms in total. The Morgan fingerprint density at radius 2 is 1.93 bits per heavy atom. The molecule has 42 heavy (non-hydrogen) atoms. The van der Waals surface area contributed by atoms with Crippen molar-refractivity contribution in [3.05, 3.63) is 29.3 Å². The molecule has 4 aromatic rings. The molecular formula is C21H24FN10O8PS. The molecule has 3 aliphatic rings. The van der Waals surface area contributed by atoms with Crippen molar-refractivity contribution >= 4 is 52.4 Å². The smallest absolute Gasteiger partial charge is 0.280 e. The van der Waals surface area contributed by atoms with Crippen molar-refractivity contribution in [3.63, 3.8) is 0 Å². The maximum absolute atomic E-state index is 15.7. The van der Waals surface area contributed by atoms with Gasteiger partial charge in [-0.25, -0.2) is 24.3 Å². The largest absolute Gasteiger partial charge is 0.394 e. The molecule has 0 radical (unpaired) electrons. The molecule has 9 atom stereocenters. The van der Waals surface area contributed by atoms with E-state index in [1.807, 2.05) is 0 Å². The monoisotopic (exact) mass is 626 g/mol. The van der Waals surface area contributed by atoms with Crippen LogP contribution in [-0.4, -0.2) is 110 Å². The number of fused-ring (bicyclic) bond motifs is 4. The van der Waals surface area contributed by atoms with E-state index < -0.39 is 73.5 Å². The Morgan fingerprint density at radius 1 is 1.19 bits per heavy atom. The highest BCUT2D eigenvalue weighted by Gasteiger charge is 2.63. The van der Waals surface area contributed by atoms with Gasteiger partial charge in [-0.2, -0.15) is 4.98 Å². The summed E-state index contributed by atoms with van der Waals surface area (Å²) in [4.78, 5) is 46.4. The first kappa shape index (κ1) is 27.6. The van der Waals surface area contributed by atoms with Gasteiger partial charge in [-0.15, -0.1) is 0 Å².